The molecule has 0 atom stereocenters. The van der Waals surface area contributed by atoms with E-state index in [9.17, 15) is 4.79 Å². The number of carbonyl (C=O) groups excluding carboxylic acids is 1. The highest BCUT2D eigenvalue weighted by Crippen LogP contribution is 2.23. The summed E-state index contributed by atoms with van der Waals surface area (Å²) in [6, 6.07) is 3.44. The summed E-state index contributed by atoms with van der Waals surface area (Å²) in [4.78, 5) is 16.5. The highest BCUT2D eigenvalue weighted by Gasteiger charge is 2.19. The Kier molecular flexibility index (Phi) is 5.91. The average molecular weight is 280 g/mol. The summed E-state index contributed by atoms with van der Waals surface area (Å²) in [5, 5.41) is 2.85. The molecule has 1 heterocycles. The van der Waals surface area contributed by atoms with Crippen LogP contribution < -0.4 is 16.6 Å². The third-order valence-corrected chi connectivity index (χ3v) is 2.81. The summed E-state index contributed by atoms with van der Waals surface area (Å²) in [5.74, 6) is 5.76. The molecule has 4 N–H and O–H groups in total. The molecule has 1 aromatic rings. The van der Waals surface area contributed by atoms with E-state index < -0.39 is 0 Å². The number of nitrogen functional groups attached to an aromatic ring is 1. The average Bonchev–Trinajstić information content (AvgIpc) is 2.41. The number of nitrogens with two attached hydrogens (primary N) is 1. The van der Waals surface area contributed by atoms with Crippen LogP contribution in [0.1, 0.15) is 43.2 Å². The summed E-state index contributed by atoms with van der Waals surface area (Å²) in [7, 11) is 1.64. The van der Waals surface area contributed by atoms with Gasteiger partial charge in [0.1, 0.15) is 5.82 Å². The second-order valence-corrected chi connectivity index (χ2v) is 5.62. The fraction of sp³-hybridized carbons (Fsp3) is 0.571. The summed E-state index contributed by atoms with van der Waals surface area (Å²) in [6.45, 7) is 7.31. The van der Waals surface area contributed by atoms with Crippen LogP contribution in [-0.2, 0) is 10.2 Å². The molecule has 0 fully saturated rings. The van der Waals surface area contributed by atoms with Crippen LogP contribution in [-0.4, -0.2) is 31.2 Å². The molecule has 20 heavy (non-hydrogen) atoms. The van der Waals surface area contributed by atoms with Gasteiger partial charge in [0.2, 0.25) is 0 Å². The number of anilines is 1. The summed E-state index contributed by atoms with van der Waals surface area (Å²) >= 11 is 0. The fourth-order valence-corrected chi connectivity index (χ4v) is 1.64. The van der Waals surface area contributed by atoms with Gasteiger partial charge in [0.15, 0.2) is 0 Å². The number of rotatable bonds is 6. The standard InChI is InChI=1S/C14H24N4O2/c1-14(2,3)11-8-10(9-12(17-11)18-15)13(19)16-6-5-7-20-4/h8-9H,5-7,15H2,1-4H3,(H,16,19)(H,17,18). The molecule has 0 saturated heterocycles. The van der Waals surface area contributed by atoms with Gasteiger partial charge >= 0.3 is 0 Å². The van der Waals surface area contributed by atoms with Crippen LogP contribution in [0.15, 0.2) is 12.1 Å². The minimum Gasteiger partial charge on any atom is -0.385 e. The molecule has 0 unspecified atom stereocenters. The summed E-state index contributed by atoms with van der Waals surface area (Å²) < 4.78 is 4.94. The molecular formula is C14H24N4O2. The van der Waals surface area contributed by atoms with Crippen LogP contribution in [0.3, 0.4) is 0 Å². The fourth-order valence-electron chi connectivity index (χ4n) is 1.64. The molecule has 0 spiro atoms. The van der Waals surface area contributed by atoms with Crippen molar-refractivity contribution >= 4 is 11.7 Å². The van der Waals surface area contributed by atoms with Gasteiger partial charge < -0.3 is 15.5 Å². The third-order valence-electron chi connectivity index (χ3n) is 2.81. The quantitative estimate of drug-likeness (QED) is 0.417. The zero-order valence-electron chi connectivity index (χ0n) is 12.6. The maximum absolute atomic E-state index is 12.1. The Bertz CT molecular complexity index is 455. The Morgan fingerprint density at radius 3 is 2.65 bits per heavy atom. The highest BCUT2D eigenvalue weighted by molar-refractivity contribution is 5.95. The predicted octanol–water partition coefficient (Wildman–Crippen LogP) is 1.43. The first-order valence-corrected chi connectivity index (χ1v) is 6.65. The van der Waals surface area contributed by atoms with Crippen LogP contribution in [0.5, 0.6) is 0 Å². The molecule has 0 saturated carbocycles. The molecule has 0 aliphatic rings. The smallest absolute Gasteiger partial charge is 0.251 e. The first-order chi connectivity index (χ1) is 9.38. The molecule has 1 aromatic heterocycles. The van der Waals surface area contributed by atoms with Crippen molar-refractivity contribution in [2.45, 2.75) is 32.6 Å². The lowest BCUT2D eigenvalue weighted by atomic mass is 9.90. The Morgan fingerprint density at radius 1 is 1.40 bits per heavy atom. The van der Waals surface area contributed by atoms with Gasteiger partial charge in [0.25, 0.3) is 5.91 Å². The Labute approximate surface area is 120 Å². The number of hydrogen-bond donors (Lipinski definition) is 3. The Morgan fingerprint density at radius 2 is 2.10 bits per heavy atom. The summed E-state index contributed by atoms with van der Waals surface area (Å²) in [6.07, 6.45) is 0.779. The van der Waals surface area contributed by atoms with Gasteiger partial charge in [-0.25, -0.2) is 10.8 Å². The Hall–Kier alpha value is -1.66. The first kappa shape index (κ1) is 16.4. The molecular weight excluding hydrogens is 256 g/mol. The Balaban J connectivity index is 2.85. The molecule has 0 radical (unpaired) electrons. The zero-order chi connectivity index (χ0) is 15.2. The minimum absolute atomic E-state index is 0.134. The molecule has 0 aliphatic heterocycles. The van der Waals surface area contributed by atoms with Crippen LogP contribution in [0.4, 0.5) is 5.82 Å². The highest BCUT2D eigenvalue weighted by atomic mass is 16.5. The second-order valence-electron chi connectivity index (χ2n) is 5.62. The van der Waals surface area contributed by atoms with Crippen LogP contribution in [0.2, 0.25) is 0 Å². The van der Waals surface area contributed by atoms with Crippen LogP contribution >= 0.6 is 0 Å². The monoisotopic (exact) mass is 280 g/mol. The number of nitrogens with one attached hydrogen (secondary N) is 2. The minimum atomic E-state index is -0.155. The molecule has 1 amide bonds. The molecule has 0 aliphatic carbocycles. The number of methoxy groups -OCH3 is 1. The van der Waals surface area contributed by atoms with E-state index in [-0.39, 0.29) is 11.3 Å². The number of hydrazine groups is 1. The van der Waals surface area contributed by atoms with E-state index in [1.54, 1.807) is 19.2 Å². The van der Waals surface area contributed by atoms with Gasteiger partial charge in [-0.1, -0.05) is 20.8 Å². The SMILES string of the molecule is COCCCNC(=O)c1cc(NN)nc(C(C)(C)C)c1. The van der Waals surface area contributed by atoms with E-state index in [0.717, 1.165) is 12.1 Å². The molecule has 1 rings (SSSR count). The van der Waals surface area contributed by atoms with Gasteiger partial charge in [-0.15, -0.1) is 0 Å². The van der Waals surface area contributed by atoms with Gasteiger partial charge in [0, 0.05) is 36.9 Å². The largest absolute Gasteiger partial charge is 0.385 e. The van der Waals surface area contributed by atoms with Crippen molar-refractivity contribution in [2.24, 2.45) is 5.84 Å². The van der Waals surface area contributed by atoms with Crippen molar-refractivity contribution < 1.29 is 9.53 Å². The van der Waals surface area contributed by atoms with Gasteiger partial charge in [-0.2, -0.15) is 0 Å². The van der Waals surface area contributed by atoms with E-state index >= 15 is 0 Å². The lowest BCUT2D eigenvalue weighted by Crippen LogP contribution is -2.26. The number of pyridine rings is 1. The van der Waals surface area contributed by atoms with E-state index in [1.807, 2.05) is 20.8 Å². The van der Waals surface area contributed by atoms with Crippen LogP contribution in [0, 0.1) is 0 Å². The van der Waals surface area contributed by atoms with Gasteiger partial charge in [0.05, 0.1) is 0 Å². The number of ether oxygens (including phenoxy) is 1. The van der Waals surface area contributed by atoms with Crippen molar-refractivity contribution in [3.8, 4) is 0 Å². The molecule has 112 valence electrons. The molecule has 0 bridgehead atoms. The molecule has 6 nitrogen and oxygen atoms in total. The van der Waals surface area contributed by atoms with Crippen molar-refractivity contribution in [3.05, 3.63) is 23.4 Å². The van der Waals surface area contributed by atoms with E-state index in [0.29, 0.717) is 24.5 Å². The number of amides is 1. The molecule has 6 heteroatoms. The molecule has 0 aromatic carbocycles. The lowest BCUT2D eigenvalue weighted by Gasteiger charge is -2.19. The summed E-state index contributed by atoms with van der Waals surface area (Å²) in [5.41, 5.74) is 3.71. The van der Waals surface area contributed by atoms with Crippen molar-refractivity contribution in [1.29, 1.82) is 0 Å². The maximum atomic E-state index is 12.1. The topological polar surface area (TPSA) is 89.3 Å². The van der Waals surface area contributed by atoms with Gasteiger partial charge in [-0.05, 0) is 18.6 Å². The van der Waals surface area contributed by atoms with Crippen LogP contribution in [0.25, 0.3) is 0 Å². The van der Waals surface area contributed by atoms with Crippen molar-refractivity contribution in [3.63, 3.8) is 0 Å². The van der Waals surface area contributed by atoms with Crippen molar-refractivity contribution in [2.75, 3.05) is 25.7 Å². The normalized spacial score (nSPS) is 11.2. The van der Waals surface area contributed by atoms with Crippen molar-refractivity contribution in [1.82, 2.24) is 10.3 Å². The van der Waals surface area contributed by atoms with E-state index in [4.69, 9.17) is 10.6 Å². The number of aromatic nitrogens is 1. The maximum Gasteiger partial charge on any atom is 0.251 e. The zero-order valence-corrected chi connectivity index (χ0v) is 12.6. The number of carbonyl (C=O) groups is 1. The number of nitrogens with zero attached hydrogens (tertiary/aromatic N) is 1. The predicted molar refractivity (Wildman–Crippen MR) is 79.6 cm³/mol. The third kappa shape index (κ3) is 4.79. The first-order valence-electron chi connectivity index (χ1n) is 6.65. The van der Waals surface area contributed by atoms with E-state index in [2.05, 4.69) is 15.7 Å². The lowest BCUT2D eigenvalue weighted by molar-refractivity contribution is 0.0948. The second kappa shape index (κ2) is 7.21. The number of hydrogen-bond acceptors (Lipinski definition) is 5. The van der Waals surface area contributed by atoms with E-state index in [1.165, 1.54) is 0 Å². The van der Waals surface area contributed by atoms with Gasteiger partial charge in [-0.3, -0.25) is 4.79 Å².